The average molecular weight is 461 g/mol. The molecule has 6 nitrogen and oxygen atoms in total. The zero-order valence-electron chi connectivity index (χ0n) is 22.4. The van der Waals surface area contributed by atoms with E-state index in [1.54, 1.807) is 21.3 Å². The SMILES string of the molecule is CC.CCC(OC)C(C)CCCC/C=C/C=C(\C)C1OC(OC)C(OC)CC1OC.CO. The van der Waals surface area contributed by atoms with E-state index in [-0.39, 0.29) is 24.6 Å². The lowest BCUT2D eigenvalue weighted by atomic mass is 9.95. The van der Waals surface area contributed by atoms with Crippen LogP contribution in [0.5, 0.6) is 0 Å². The highest BCUT2D eigenvalue weighted by Crippen LogP contribution is 2.28. The van der Waals surface area contributed by atoms with Crippen LogP contribution in [0.25, 0.3) is 0 Å². The first-order valence-electron chi connectivity index (χ1n) is 12.1. The highest BCUT2D eigenvalue weighted by molar-refractivity contribution is 5.17. The minimum absolute atomic E-state index is 0.0326. The molecule has 0 spiro atoms. The van der Waals surface area contributed by atoms with Crippen LogP contribution in [0.1, 0.15) is 73.1 Å². The largest absolute Gasteiger partial charge is 0.400 e. The molecule has 1 saturated heterocycles. The number of rotatable bonds is 13. The molecular formula is C26H52O6. The Kier molecular flexibility index (Phi) is 23.0. The minimum Gasteiger partial charge on any atom is -0.400 e. The second-order valence-electron chi connectivity index (χ2n) is 7.73. The summed E-state index contributed by atoms with van der Waals surface area (Å²) in [6.07, 6.45) is 12.8. The first-order chi connectivity index (χ1) is 15.5. The Labute approximate surface area is 198 Å². The summed E-state index contributed by atoms with van der Waals surface area (Å²) in [4.78, 5) is 0. The molecule has 6 heteroatoms. The van der Waals surface area contributed by atoms with Crippen molar-refractivity contribution in [1.29, 1.82) is 0 Å². The summed E-state index contributed by atoms with van der Waals surface area (Å²) in [7, 11) is 7.86. The van der Waals surface area contributed by atoms with Gasteiger partial charge >= 0.3 is 0 Å². The Hall–Kier alpha value is -0.760. The molecular weight excluding hydrogens is 408 g/mol. The van der Waals surface area contributed by atoms with Crippen molar-refractivity contribution in [2.45, 2.75) is 104 Å². The number of allylic oxidation sites excluding steroid dienone is 3. The van der Waals surface area contributed by atoms with E-state index in [1.165, 1.54) is 19.3 Å². The van der Waals surface area contributed by atoms with Gasteiger partial charge in [0.1, 0.15) is 12.2 Å². The van der Waals surface area contributed by atoms with Gasteiger partial charge in [-0.2, -0.15) is 0 Å². The normalized spacial score (nSPS) is 25.4. The Balaban J connectivity index is 0. The fourth-order valence-corrected chi connectivity index (χ4v) is 3.95. The van der Waals surface area contributed by atoms with Crippen LogP contribution >= 0.6 is 0 Å². The van der Waals surface area contributed by atoms with Crippen LogP contribution in [0.3, 0.4) is 0 Å². The topological polar surface area (TPSA) is 66.4 Å². The third kappa shape index (κ3) is 12.5. The molecule has 192 valence electrons. The van der Waals surface area contributed by atoms with Crippen LogP contribution in [-0.4, -0.2) is 71.4 Å². The van der Waals surface area contributed by atoms with Crippen LogP contribution in [-0.2, 0) is 23.7 Å². The van der Waals surface area contributed by atoms with Crippen molar-refractivity contribution >= 4 is 0 Å². The van der Waals surface area contributed by atoms with Gasteiger partial charge in [0.2, 0.25) is 0 Å². The van der Waals surface area contributed by atoms with Gasteiger partial charge < -0.3 is 28.8 Å². The van der Waals surface area contributed by atoms with Crippen LogP contribution in [0.15, 0.2) is 23.8 Å². The molecule has 0 aromatic carbocycles. The molecule has 6 unspecified atom stereocenters. The van der Waals surface area contributed by atoms with E-state index in [4.69, 9.17) is 28.8 Å². The summed E-state index contributed by atoms with van der Waals surface area (Å²) in [6, 6.07) is 0. The molecule has 1 fully saturated rings. The fourth-order valence-electron chi connectivity index (χ4n) is 3.95. The summed E-state index contributed by atoms with van der Waals surface area (Å²) < 4.78 is 28.1. The number of methoxy groups -OCH3 is 4. The van der Waals surface area contributed by atoms with E-state index in [0.29, 0.717) is 12.0 Å². The van der Waals surface area contributed by atoms with Gasteiger partial charge in [-0.3, -0.25) is 0 Å². The first-order valence-corrected chi connectivity index (χ1v) is 12.1. The summed E-state index contributed by atoms with van der Waals surface area (Å²) in [5.41, 5.74) is 1.14. The maximum absolute atomic E-state index is 7.00. The molecule has 0 aromatic heterocycles. The Morgan fingerprint density at radius 1 is 1.03 bits per heavy atom. The minimum atomic E-state index is -0.366. The van der Waals surface area contributed by atoms with Gasteiger partial charge in [-0.15, -0.1) is 0 Å². The lowest BCUT2D eigenvalue weighted by molar-refractivity contribution is -0.256. The number of hydrogen-bond donors (Lipinski definition) is 1. The molecule has 32 heavy (non-hydrogen) atoms. The molecule has 0 aromatic rings. The molecule has 1 heterocycles. The maximum Gasteiger partial charge on any atom is 0.184 e. The molecule has 0 aliphatic carbocycles. The van der Waals surface area contributed by atoms with Crippen LogP contribution in [0, 0.1) is 5.92 Å². The molecule has 0 radical (unpaired) electrons. The molecule has 6 atom stereocenters. The summed E-state index contributed by atoms with van der Waals surface area (Å²) in [5.74, 6) is 0.625. The third-order valence-corrected chi connectivity index (χ3v) is 5.79. The van der Waals surface area contributed by atoms with E-state index in [0.717, 1.165) is 31.9 Å². The van der Waals surface area contributed by atoms with E-state index in [9.17, 15) is 0 Å². The number of unbranched alkanes of at least 4 members (excludes halogenated alkanes) is 2. The van der Waals surface area contributed by atoms with Gasteiger partial charge in [0.15, 0.2) is 6.29 Å². The van der Waals surface area contributed by atoms with Gasteiger partial charge in [0.05, 0.1) is 12.2 Å². The highest BCUT2D eigenvalue weighted by Gasteiger charge is 2.39. The molecule has 0 bridgehead atoms. The zero-order valence-corrected chi connectivity index (χ0v) is 22.4. The van der Waals surface area contributed by atoms with Crippen LogP contribution in [0.2, 0.25) is 0 Å². The van der Waals surface area contributed by atoms with Crippen LogP contribution in [0.4, 0.5) is 0 Å². The van der Waals surface area contributed by atoms with Crippen molar-refractivity contribution in [1.82, 2.24) is 0 Å². The van der Waals surface area contributed by atoms with Crippen molar-refractivity contribution in [3.63, 3.8) is 0 Å². The van der Waals surface area contributed by atoms with Crippen molar-refractivity contribution in [2.75, 3.05) is 35.5 Å². The second kappa shape index (κ2) is 22.1. The molecule has 0 amide bonds. The monoisotopic (exact) mass is 460 g/mol. The number of aliphatic hydroxyl groups is 1. The number of hydrogen-bond acceptors (Lipinski definition) is 6. The Morgan fingerprint density at radius 2 is 1.66 bits per heavy atom. The summed E-state index contributed by atoms with van der Waals surface area (Å²) in [6.45, 7) is 10.6. The fraction of sp³-hybridized carbons (Fsp3) is 0.846. The lowest BCUT2D eigenvalue weighted by Gasteiger charge is -2.39. The Morgan fingerprint density at radius 3 is 2.16 bits per heavy atom. The van der Waals surface area contributed by atoms with Crippen molar-refractivity contribution in [3.05, 3.63) is 23.8 Å². The standard InChI is InChI=1S/C23H42O5.C2H6.CH4O/c1-8-19(24-4)17(2)14-12-10-9-11-13-15-18(3)22-20(25-5)16-21(26-6)23(27-7)28-22;2*1-2/h11,13,15,17,19-23H,8-10,12,14,16H2,1-7H3;1-2H3;2H,1H3/b13-11+,18-15+;;. The van der Waals surface area contributed by atoms with E-state index < -0.39 is 0 Å². The first kappa shape index (κ1) is 33.4. The van der Waals surface area contributed by atoms with Gasteiger partial charge in [-0.1, -0.05) is 52.3 Å². The summed E-state index contributed by atoms with van der Waals surface area (Å²) in [5, 5.41) is 7.00. The predicted molar refractivity (Wildman–Crippen MR) is 133 cm³/mol. The average Bonchev–Trinajstić information content (AvgIpc) is 2.85. The van der Waals surface area contributed by atoms with Crippen molar-refractivity contribution in [2.24, 2.45) is 5.92 Å². The zero-order chi connectivity index (χ0) is 24.9. The highest BCUT2D eigenvalue weighted by atomic mass is 16.7. The van der Waals surface area contributed by atoms with Gasteiger partial charge in [0.25, 0.3) is 0 Å². The van der Waals surface area contributed by atoms with Gasteiger partial charge in [-0.25, -0.2) is 0 Å². The smallest absolute Gasteiger partial charge is 0.184 e. The van der Waals surface area contributed by atoms with Gasteiger partial charge in [-0.05, 0) is 44.1 Å². The maximum atomic E-state index is 7.00. The molecule has 1 aliphatic rings. The number of ether oxygens (including phenoxy) is 5. The summed E-state index contributed by atoms with van der Waals surface area (Å²) >= 11 is 0. The van der Waals surface area contributed by atoms with E-state index in [1.807, 2.05) is 21.0 Å². The Bertz CT molecular complexity index is 461. The van der Waals surface area contributed by atoms with Crippen molar-refractivity contribution in [3.8, 4) is 0 Å². The molecule has 1 aliphatic heterocycles. The second-order valence-corrected chi connectivity index (χ2v) is 7.73. The molecule has 1 N–H and O–H groups in total. The van der Waals surface area contributed by atoms with Crippen LogP contribution < -0.4 is 0 Å². The predicted octanol–water partition coefficient (Wildman–Crippen LogP) is 5.54. The number of aliphatic hydroxyl groups excluding tert-OH is 1. The van der Waals surface area contributed by atoms with E-state index >= 15 is 0 Å². The van der Waals surface area contributed by atoms with E-state index in [2.05, 4.69) is 39.0 Å². The third-order valence-electron chi connectivity index (χ3n) is 5.79. The van der Waals surface area contributed by atoms with Crippen molar-refractivity contribution < 1.29 is 28.8 Å². The molecule has 1 rings (SSSR count). The van der Waals surface area contributed by atoms with Gasteiger partial charge in [0, 0.05) is 42.0 Å². The molecule has 0 saturated carbocycles. The lowest BCUT2D eigenvalue weighted by Crippen LogP contribution is -2.49. The quantitative estimate of drug-likeness (QED) is 0.288.